The van der Waals surface area contributed by atoms with Crippen LogP contribution in [-0.4, -0.2) is 49.0 Å². The SMILES string of the molecule is Cc1noc(C)c1CN1CCC(N(C)S(=O)(=O)Cc2ccccc2)C1. The lowest BCUT2D eigenvalue weighted by Crippen LogP contribution is -2.39. The molecule has 1 fully saturated rings. The minimum absolute atomic E-state index is 0.00850. The summed E-state index contributed by atoms with van der Waals surface area (Å²) in [6, 6.07) is 9.34. The van der Waals surface area contributed by atoms with Gasteiger partial charge in [-0.3, -0.25) is 4.90 Å². The number of benzene rings is 1. The second-order valence-corrected chi connectivity index (χ2v) is 8.77. The zero-order valence-corrected chi connectivity index (χ0v) is 15.8. The van der Waals surface area contributed by atoms with Crippen LogP contribution < -0.4 is 0 Å². The lowest BCUT2D eigenvalue weighted by molar-refractivity contribution is 0.295. The first-order valence-corrected chi connectivity index (χ1v) is 10.1. The van der Waals surface area contributed by atoms with Gasteiger partial charge >= 0.3 is 0 Å². The van der Waals surface area contributed by atoms with Crippen LogP contribution in [0.3, 0.4) is 0 Å². The fourth-order valence-electron chi connectivity index (χ4n) is 3.32. The molecule has 0 bridgehead atoms. The number of likely N-dealkylation sites (tertiary alicyclic amines) is 1. The maximum Gasteiger partial charge on any atom is 0.218 e. The lowest BCUT2D eigenvalue weighted by atomic mass is 10.2. The predicted octanol–water partition coefficient (Wildman–Crippen LogP) is 2.33. The number of likely N-dealkylation sites (N-methyl/N-ethyl adjacent to an activating group) is 1. The van der Waals surface area contributed by atoms with Crippen LogP contribution in [0.25, 0.3) is 0 Å². The van der Waals surface area contributed by atoms with E-state index in [0.717, 1.165) is 48.6 Å². The first kappa shape index (κ1) is 18.1. The van der Waals surface area contributed by atoms with E-state index in [4.69, 9.17) is 4.52 Å². The molecule has 3 rings (SSSR count). The maximum absolute atomic E-state index is 12.7. The number of sulfonamides is 1. The first-order valence-electron chi connectivity index (χ1n) is 8.50. The van der Waals surface area contributed by atoms with Gasteiger partial charge in [0.1, 0.15) is 5.76 Å². The number of rotatable bonds is 6. The molecule has 136 valence electrons. The number of aryl methyl sites for hydroxylation is 2. The molecule has 1 aromatic carbocycles. The van der Waals surface area contributed by atoms with Crippen molar-refractivity contribution in [3.8, 4) is 0 Å². The molecular formula is C18H25N3O3S. The Hall–Kier alpha value is -1.70. The topological polar surface area (TPSA) is 66.7 Å². The van der Waals surface area contributed by atoms with Crippen LogP contribution in [0.4, 0.5) is 0 Å². The van der Waals surface area contributed by atoms with Gasteiger partial charge in [0.2, 0.25) is 10.0 Å². The van der Waals surface area contributed by atoms with Crippen molar-refractivity contribution < 1.29 is 12.9 Å². The summed E-state index contributed by atoms with van der Waals surface area (Å²) >= 11 is 0. The second-order valence-electron chi connectivity index (χ2n) is 6.74. The molecule has 7 heteroatoms. The van der Waals surface area contributed by atoms with Crippen molar-refractivity contribution in [2.24, 2.45) is 0 Å². The fraction of sp³-hybridized carbons (Fsp3) is 0.500. The third kappa shape index (κ3) is 4.11. The predicted molar refractivity (Wildman–Crippen MR) is 96.5 cm³/mol. The number of nitrogens with zero attached hydrogens (tertiary/aromatic N) is 3. The van der Waals surface area contributed by atoms with Crippen molar-refractivity contribution in [1.82, 2.24) is 14.4 Å². The third-order valence-electron chi connectivity index (χ3n) is 4.96. The summed E-state index contributed by atoms with van der Waals surface area (Å²) in [6.45, 7) is 6.22. The number of aromatic nitrogens is 1. The van der Waals surface area contributed by atoms with Crippen molar-refractivity contribution in [1.29, 1.82) is 0 Å². The van der Waals surface area contributed by atoms with Gasteiger partial charge in [-0.05, 0) is 25.8 Å². The van der Waals surface area contributed by atoms with Gasteiger partial charge in [-0.2, -0.15) is 0 Å². The molecule has 2 aromatic rings. The molecule has 1 saturated heterocycles. The van der Waals surface area contributed by atoms with E-state index >= 15 is 0 Å². The molecule has 25 heavy (non-hydrogen) atoms. The molecule has 0 saturated carbocycles. The maximum atomic E-state index is 12.7. The molecule has 0 aliphatic carbocycles. The van der Waals surface area contributed by atoms with Crippen LogP contribution in [0, 0.1) is 13.8 Å². The fourth-order valence-corrected chi connectivity index (χ4v) is 4.76. The Morgan fingerprint density at radius 3 is 2.64 bits per heavy atom. The van der Waals surface area contributed by atoms with E-state index in [1.165, 1.54) is 0 Å². The van der Waals surface area contributed by atoms with Gasteiger partial charge in [0.25, 0.3) is 0 Å². The van der Waals surface area contributed by atoms with Crippen molar-refractivity contribution in [2.45, 2.75) is 38.6 Å². The molecule has 1 aliphatic heterocycles. The molecule has 0 spiro atoms. The Balaban J connectivity index is 1.63. The molecule has 0 radical (unpaired) electrons. The smallest absolute Gasteiger partial charge is 0.218 e. The second kappa shape index (κ2) is 7.27. The van der Waals surface area contributed by atoms with E-state index in [9.17, 15) is 8.42 Å². The normalized spacial score (nSPS) is 19.0. The molecular weight excluding hydrogens is 338 g/mol. The van der Waals surface area contributed by atoms with Crippen LogP contribution in [0.2, 0.25) is 0 Å². The van der Waals surface area contributed by atoms with Crippen molar-refractivity contribution in [2.75, 3.05) is 20.1 Å². The van der Waals surface area contributed by atoms with Crippen LogP contribution in [0.5, 0.6) is 0 Å². The quantitative estimate of drug-likeness (QED) is 0.788. The van der Waals surface area contributed by atoms with Crippen LogP contribution in [0.1, 0.15) is 29.0 Å². The highest BCUT2D eigenvalue weighted by atomic mass is 32.2. The van der Waals surface area contributed by atoms with E-state index in [2.05, 4.69) is 10.1 Å². The number of hydrogen-bond donors (Lipinski definition) is 0. The average molecular weight is 363 g/mol. The molecule has 1 unspecified atom stereocenters. The summed E-state index contributed by atoms with van der Waals surface area (Å²) in [5, 5.41) is 3.99. The van der Waals surface area contributed by atoms with Crippen molar-refractivity contribution in [3.63, 3.8) is 0 Å². The molecule has 1 aliphatic rings. The highest BCUT2D eigenvalue weighted by molar-refractivity contribution is 7.88. The van der Waals surface area contributed by atoms with Gasteiger partial charge < -0.3 is 4.52 Å². The molecule has 0 amide bonds. The largest absolute Gasteiger partial charge is 0.361 e. The third-order valence-corrected chi connectivity index (χ3v) is 6.83. The molecule has 1 atom stereocenters. The van der Waals surface area contributed by atoms with Gasteiger partial charge in [-0.1, -0.05) is 35.5 Å². The van der Waals surface area contributed by atoms with Crippen LogP contribution in [0.15, 0.2) is 34.9 Å². The number of hydrogen-bond acceptors (Lipinski definition) is 5. The highest BCUT2D eigenvalue weighted by Crippen LogP contribution is 2.23. The van der Waals surface area contributed by atoms with E-state index in [1.807, 2.05) is 44.2 Å². The zero-order chi connectivity index (χ0) is 18.0. The summed E-state index contributed by atoms with van der Waals surface area (Å²) < 4.78 is 32.2. The molecule has 0 N–H and O–H groups in total. The van der Waals surface area contributed by atoms with Crippen LogP contribution >= 0.6 is 0 Å². The average Bonchev–Trinajstić information content (AvgIpc) is 3.17. The minimum atomic E-state index is -3.32. The van der Waals surface area contributed by atoms with E-state index in [-0.39, 0.29) is 11.8 Å². The minimum Gasteiger partial charge on any atom is -0.361 e. The van der Waals surface area contributed by atoms with Gasteiger partial charge in [0.05, 0.1) is 11.4 Å². The first-order chi connectivity index (χ1) is 11.9. The van der Waals surface area contributed by atoms with E-state index < -0.39 is 10.0 Å². The summed E-state index contributed by atoms with van der Waals surface area (Å²) in [7, 11) is -1.63. The monoisotopic (exact) mass is 363 g/mol. The van der Waals surface area contributed by atoms with Crippen molar-refractivity contribution in [3.05, 3.63) is 52.9 Å². The zero-order valence-electron chi connectivity index (χ0n) is 15.0. The Morgan fingerprint density at radius 1 is 1.28 bits per heavy atom. The van der Waals surface area contributed by atoms with Gasteiger partial charge in [0.15, 0.2) is 0 Å². The summed E-state index contributed by atoms with van der Waals surface area (Å²) in [5.74, 6) is 0.885. The Bertz CT molecular complexity index is 798. The Labute approximate surface area is 149 Å². The van der Waals surface area contributed by atoms with Gasteiger partial charge in [-0.15, -0.1) is 0 Å². The van der Waals surface area contributed by atoms with Crippen LogP contribution in [-0.2, 0) is 22.3 Å². The van der Waals surface area contributed by atoms with E-state index in [0.29, 0.717) is 0 Å². The summed E-state index contributed by atoms with van der Waals surface area (Å²) in [6.07, 6.45) is 0.841. The standard InChI is InChI=1S/C18H25N3O3S/c1-14-18(15(2)24-19-14)12-21-10-9-17(11-21)20(3)25(22,23)13-16-7-5-4-6-8-16/h4-8,17H,9-13H2,1-3H3. The Morgan fingerprint density at radius 2 is 2.00 bits per heavy atom. The van der Waals surface area contributed by atoms with Gasteiger partial charge in [-0.25, -0.2) is 12.7 Å². The molecule has 2 heterocycles. The lowest BCUT2D eigenvalue weighted by Gasteiger charge is -2.24. The molecule has 1 aromatic heterocycles. The summed E-state index contributed by atoms with van der Waals surface area (Å²) in [5.41, 5.74) is 2.83. The Kier molecular flexibility index (Phi) is 5.27. The summed E-state index contributed by atoms with van der Waals surface area (Å²) in [4.78, 5) is 2.27. The van der Waals surface area contributed by atoms with E-state index in [1.54, 1.807) is 11.4 Å². The van der Waals surface area contributed by atoms with Crippen molar-refractivity contribution >= 4 is 10.0 Å². The van der Waals surface area contributed by atoms with Gasteiger partial charge in [0, 0.05) is 38.3 Å². The highest BCUT2D eigenvalue weighted by Gasteiger charge is 2.32. The molecule has 6 nitrogen and oxygen atoms in total.